The van der Waals surface area contributed by atoms with Crippen molar-refractivity contribution in [3.8, 4) is 0 Å². The molecule has 142 valence electrons. The van der Waals surface area contributed by atoms with Gasteiger partial charge in [-0.25, -0.2) is 4.98 Å². The molecule has 3 rings (SSSR count). The van der Waals surface area contributed by atoms with Crippen LogP contribution in [0.15, 0.2) is 42.9 Å². The van der Waals surface area contributed by atoms with Crippen LogP contribution in [0, 0.1) is 11.8 Å². The van der Waals surface area contributed by atoms with E-state index in [0.717, 1.165) is 43.1 Å². The fraction of sp³-hybridized carbons (Fsp3) is 0.400. The highest BCUT2D eigenvalue weighted by Crippen LogP contribution is 2.23. The van der Waals surface area contributed by atoms with E-state index in [1.807, 2.05) is 26.0 Å². The molecule has 1 saturated heterocycles. The molecule has 7 nitrogen and oxygen atoms in total. The first-order chi connectivity index (χ1) is 13.0. The Bertz CT molecular complexity index is 769. The van der Waals surface area contributed by atoms with Crippen LogP contribution in [0.5, 0.6) is 0 Å². The summed E-state index contributed by atoms with van der Waals surface area (Å²) in [5, 5.41) is 5.81. The average molecular weight is 367 g/mol. The molecule has 0 radical (unpaired) electrons. The molecule has 1 aromatic carbocycles. The third-order valence-electron chi connectivity index (χ3n) is 4.68. The number of carbonyl (C=O) groups excluding carboxylic acids is 2. The van der Waals surface area contributed by atoms with Gasteiger partial charge in [0.2, 0.25) is 11.8 Å². The number of anilines is 3. The van der Waals surface area contributed by atoms with Gasteiger partial charge in [-0.3, -0.25) is 14.6 Å². The van der Waals surface area contributed by atoms with E-state index in [0.29, 0.717) is 0 Å². The number of aromatic nitrogens is 2. The quantitative estimate of drug-likeness (QED) is 0.848. The predicted molar refractivity (Wildman–Crippen MR) is 106 cm³/mol. The molecule has 0 aliphatic carbocycles. The lowest BCUT2D eigenvalue weighted by Crippen LogP contribution is -2.38. The van der Waals surface area contributed by atoms with Crippen molar-refractivity contribution in [3.05, 3.63) is 42.9 Å². The highest BCUT2D eigenvalue weighted by atomic mass is 16.2. The van der Waals surface area contributed by atoms with Gasteiger partial charge in [-0.1, -0.05) is 13.8 Å². The molecule has 1 aliphatic heterocycles. The fourth-order valence-corrected chi connectivity index (χ4v) is 2.99. The van der Waals surface area contributed by atoms with Crippen molar-refractivity contribution >= 4 is 29.0 Å². The van der Waals surface area contributed by atoms with Gasteiger partial charge in [0, 0.05) is 48.7 Å². The van der Waals surface area contributed by atoms with Crippen LogP contribution < -0.4 is 15.5 Å². The molecule has 0 unspecified atom stereocenters. The summed E-state index contributed by atoms with van der Waals surface area (Å²) in [4.78, 5) is 34.8. The number of nitrogens with zero attached hydrogens (tertiary/aromatic N) is 3. The van der Waals surface area contributed by atoms with Crippen molar-refractivity contribution in [1.82, 2.24) is 9.97 Å². The van der Waals surface area contributed by atoms with Crippen molar-refractivity contribution in [2.45, 2.75) is 26.7 Å². The first kappa shape index (κ1) is 18.8. The molecule has 0 spiro atoms. The van der Waals surface area contributed by atoms with E-state index in [-0.39, 0.29) is 23.7 Å². The smallest absolute Gasteiger partial charge is 0.227 e. The van der Waals surface area contributed by atoms with E-state index in [1.54, 1.807) is 30.7 Å². The Hall–Kier alpha value is -2.96. The first-order valence-electron chi connectivity index (χ1n) is 9.25. The topological polar surface area (TPSA) is 87.2 Å². The van der Waals surface area contributed by atoms with Gasteiger partial charge in [-0.15, -0.1) is 0 Å². The molecule has 1 aliphatic rings. The summed E-state index contributed by atoms with van der Waals surface area (Å²) in [5.41, 5.74) is 1.46. The van der Waals surface area contributed by atoms with Crippen LogP contribution in [0.1, 0.15) is 26.7 Å². The number of benzene rings is 1. The molecule has 0 bridgehead atoms. The average Bonchev–Trinajstić information content (AvgIpc) is 2.70. The summed E-state index contributed by atoms with van der Waals surface area (Å²) < 4.78 is 0. The Balaban J connectivity index is 1.50. The van der Waals surface area contributed by atoms with Crippen LogP contribution in [0.4, 0.5) is 17.2 Å². The van der Waals surface area contributed by atoms with Crippen LogP contribution in [0.3, 0.4) is 0 Å². The van der Waals surface area contributed by atoms with Crippen molar-refractivity contribution in [1.29, 1.82) is 0 Å². The van der Waals surface area contributed by atoms with E-state index in [4.69, 9.17) is 0 Å². The van der Waals surface area contributed by atoms with E-state index >= 15 is 0 Å². The van der Waals surface area contributed by atoms with Gasteiger partial charge in [0.15, 0.2) is 0 Å². The van der Waals surface area contributed by atoms with E-state index in [2.05, 4.69) is 25.5 Å². The second-order valence-corrected chi connectivity index (χ2v) is 7.04. The van der Waals surface area contributed by atoms with E-state index in [9.17, 15) is 9.59 Å². The summed E-state index contributed by atoms with van der Waals surface area (Å²) in [5.74, 6) is 0.778. The molecule has 2 heterocycles. The first-order valence-corrected chi connectivity index (χ1v) is 9.25. The molecule has 7 heteroatoms. The molecular formula is C20H25N5O2. The summed E-state index contributed by atoms with van der Waals surface area (Å²) in [7, 11) is 0. The Morgan fingerprint density at radius 1 is 1.04 bits per heavy atom. The van der Waals surface area contributed by atoms with Gasteiger partial charge in [0.05, 0.1) is 6.20 Å². The Morgan fingerprint density at radius 3 is 2.22 bits per heavy atom. The molecule has 2 N–H and O–H groups in total. The minimum Gasteiger partial charge on any atom is -0.355 e. The number of nitrogens with one attached hydrogen (secondary N) is 2. The highest BCUT2D eigenvalue weighted by Gasteiger charge is 2.25. The molecular weight excluding hydrogens is 342 g/mol. The highest BCUT2D eigenvalue weighted by molar-refractivity contribution is 5.94. The van der Waals surface area contributed by atoms with Crippen LogP contribution in [0.2, 0.25) is 0 Å². The lowest BCUT2D eigenvalue weighted by molar-refractivity contribution is -0.120. The van der Waals surface area contributed by atoms with Gasteiger partial charge >= 0.3 is 0 Å². The third-order valence-corrected chi connectivity index (χ3v) is 4.68. The number of hydrogen-bond donors (Lipinski definition) is 2. The second-order valence-electron chi connectivity index (χ2n) is 7.04. The van der Waals surface area contributed by atoms with Crippen LogP contribution in [-0.2, 0) is 9.59 Å². The summed E-state index contributed by atoms with van der Waals surface area (Å²) in [6.07, 6.45) is 6.65. The monoisotopic (exact) mass is 367 g/mol. The minimum atomic E-state index is -0.0721. The van der Waals surface area contributed by atoms with Crippen LogP contribution >= 0.6 is 0 Å². The summed E-state index contributed by atoms with van der Waals surface area (Å²) >= 11 is 0. The maximum Gasteiger partial charge on any atom is 0.227 e. The zero-order valence-electron chi connectivity index (χ0n) is 15.7. The Labute approximate surface area is 159 Å². The minimum absolute atomic E-state index is 0.0155. The number of hydrogen-bond acceptors (Lipinski definition) is 5. The van der Waals surface area contributed by atoms with Crippen molar-refractivity contribution in [2.24, 2.45) is 11.8 Å². The SMILES string of the molecule is CC(C)C(=O)Nc1ccc(NC(=O)C2CCN(c3cnccn3)CC2)cc1. The number of amides is 2. The van der Waals surface area contributed by atoms with E-state index in [1.165, 1.54) is 0 Å². The maximum atomic E-state index is 12.5. The lowest BCUT2D eigenvalue weighted by Gasteiger charge is -2.31. The molecule has 0 atom stereocenters. The van der Waals surface area contributed by atoms with Gasteiger partial charge in [0.25, 0.3) is 0 Å². The lowest BCUT2D eigenvalue weighted by atomic mass is 9.96. The Morgan fingerprint density at radius 2 is 1.67 bits per heavy atom. The van der Waals surface area contributed by atoms with Gasteiger partial charge in [-0.05, 0) is 37.1 Å². The van der Waals surface area contributed by atoms with Gasteiger partial charge in [0.1, 0.15) is 5.82 Å². The summed E-state index contributed by atoms with van der Waals surface area (Å²) in [6, 6.07) is 7.21. The maximum absolute atomic E-state index is 12.5. The molecule has 0 saturated carbocycles. The van der Waals surface area contributed by atoms with Crippen molar-refractivity contribution in [3.63, 3.8) is 0 Å². The molecule has 27 heavy (non-hydrogen) atoms. The van der Waals surface area contributed by atoms with Gasteiger partial charge in [-0.2, -0.15) is 0 Å². The van der Waals surface area contributed by atoms with Crippen molar-refractivity contribution in [2.75, 3.05) is 28.6 Å². The van der Waals surface area contributed by atoms with E-state index < -0.39 is 0 Å². The number of piperidine rings is 1. The van der Waals surface area contributed by atoms with Crippen LogP contribution in [0.25, 0.3) is 0 Å². The molecule has 1 fully saturated rings. The zero-order valence-corrected chi connectivity index (χ0v) is 15.7. The standard InChI is InChI=1S/C20H25N5O2/c1-14(2)19(26)23-16-3-5-17(6-4-16)24-20(27)15-7-11-25(12-8-15)18-13-21-9-10-22-18/h3-6,9-10,13-15H,7-8,11-12H2,1-2H3,(H,23,26)(H,24,27). The largest absolute Gasteiger partial charge is 0.355 e. The number of rotatable bonds is 5. The van der Waals surface area contributed by atoms with Gasteiger partial charge < -0.3 is 15.5 Å². The third kappa shape index (κ3) is 5.03. The zero-order chi connectivity index (χ0) is 19.2. The second kappa shape index (κ2) is 8.62. The predicted octanol–water partition coefficient (Wildman–Crippen LogP) is 2.93. The van der Waals surface area contributed by atoms with Crippen LogP contribution in [-0.4, -0.2) is 34.9 Å². The molecule has 1 aromatic heterocycles. The number of carbonyl (C=O) groups is 2. The normalized spacial score (nSPS) is 14.9. The Kier molecular flexibility index (Phi) is 6.01. The molecule has 2 amide bonds. The summed E-state index contributed by atoms with van der Waals surface area (Å²) in [6.45, 7) is 5.27. The van der Waals surface area contributed by atoms with Crippen molar-refractivity contribution < 1.29 is 9.59 Å². The molecule has 2 aromatic rings. The fourth-order valence-electron chi connectivity index (χ4n) is 2.99.